The maximum Gasteiger partial charge on any atom is 0.185 e. The van der Waals surface area contributed by atoms with Gasteiger partial charge in [0.05, 0.1) is 0 Å². The van der Waals surface area contributed by atoms with Crippen molar-refractivity contribution >= 4 is 11.6 Å². The molecule has 1 aliphatic heterocycles. The minimum absolute atomic E-state index is 0.0577. The molecule has 28 heavy (non-hydrogen) atoms. The highest BCUT2D eigenvalue weighted by Crippen LogP contribution is 2.19. The number of carbonyl (C=O) groups is 2. The minimum atomic E-state index is -0.320. The molecule has 0 aliphatic carbocycles. The van der Waals surface area contributed by atoms with E-state index in [1.54, 1.807) is 18.2 Å². The van der Waals surface area contributed by atoms with Crippen LogP contribution in [0.25, 0.3) is 0 Å². The summed E-state index contributed by atoms with van der Waals surface area (Å²) in [5.74, 6) is 0.239. The molecule has 1 saturated heterocycles. The van der Waals surface area contributed by atoms with Gasteiger partial charge in [-0.15, -0.1) is 0 Å². The number of piperidine rings is 1. The zero-order valence-electron chi connectivity index (χ0n) is 16.0. The molecule has 4 heteroatoms. The van der Waals surface area contributed by atoms with Crippen molar-refractivity contribution < 1.29 is 14.0 Å². The number of rotatable bonds is 8. The fraction of sp³-hybridized carbons (Fsp3) is 0.333. The van der Waals surface area contributed by atoms with E-state index in [1.807, 2.05) is 36.4 Å². The summed E-state index contributed by atoms with van der Waals surface area (Å²) in [7, 11) is 0. The average Bonchev–Trinajstić information content (AvgIpc) is 2.74. The lowest BCUT2D eigenvalue weighted by Crippen LogP contribution is -2.34. The topological polar surface area (TPSA) is 37.4 Å². The van der Waals surface area contributed by atoms with Crippen molar-refractivity contribution in [1.29, 1.82) is 0 Å². The van der Waals surface area contributed by atoms with E-state index in [4.69, 9.17) is 0 Å². The molecule has 0 saturated carbocycles. The highest BCUT2D eigenvalue weighted by atomic mass is 19.1. The first kappa shape index (κ1) is 20.2. The molecule has 0 amide bonds. The number of benzene rings is 2. The van der Waals surface area contributed by atoms with Gasteiger partial charge in [-0.25, -0.2) is 4.39 Å². The van der Waals surface area contributed by atoms with E-state index < -0.39 is 0 Å². The lowest BCUT2D eigenvalue weighted by Gasteiger charge is -2.30. The molecule has 146 valence electrons. The molecule has 0 unspecified atom stereocenters. The van der Waals surface area contributed by atoms with Crippen molar-refractivity contribution in [3.05, 3.63) is 83.7 Å². The lowest BCUT2D eigenvalue weighted by molar-refractivity contribution is 0.0971. The number of hydrogen-bond acceptors (Lipinski definition) is 3. The normalized spacial score (nSPS) is 15.8. The average molecular weight is 379 g/mol. The zero-order chi connectivity index (χ0) is 19.8. The van der Waals surface area contributed by atoms with Crippen molar-refractivity contribution in [2.24, 2.45) is 5.92 Å². The van der Waals surface area contributed by atoms with E-state index >= 15 is 0 Å². The van der Waals surface area contributed by atoms with Gasteiger partial charge < -0.3 is 4.90 Å². The first-order chi connectivity index (χ1) is 13.6. The maximum atomic E-state index is 12.9. The Morgan fingerprint density at radius 1 is 0.964 bits per heavy atom. The molecule has 3 rings (SSSR count). The molecular formula is C24H26FNO2. The van der Waals surface area contributed by atoms with Gasteiger partial charge in [-0.05, 0) is 75.2 Å². The molecule has 0 radical (unpaired) electrons. The Morgan fingerprint density at radius 2 is 1.64 bits per heavy atom. The van der Waals surface area contributed by atoms with Crippen molar-refractivity contribution in [2.75, 3.05) is 19.6 Å². The van der Waals surface area contributed by atoms with E-state index in [-0.39, 0.29) is 17.4 Å². The first-order valence-corrected chi connectivity index (χ1v) is 9.90. The predicted octanol–water partition coefficient (Wildman–Crippen LogP) is 4.94. The van der Waals surface area contributed by atoms with E-state index in [9.17, 15) is 14.0 Å². The number of carbonyl (C=O) groups excluding carboxylic acids is 2. The number of halogens is 1. The molecule has 3 nitrogen and oxygen atoms in total. The molecule has 1 fully saturated rings. The highest BCUT2D eigenvalue weighted by Gasteiger charge is 2.17. The Kier molecular flexibility index (Phi) is 7.26. The van der Waals surface area contributed by atoms with Gasteiger partial charge in [0.15, 0.2) is 11.6 Å². The van der Waals surface area contributed by atoms with E-state index in [0.717, 1.165) is 44.5 Å². The van der Waals surface area contributed by atoms with Gasteiger partial charge in [0.25, 0.3) is 0 Å². The van der Waals surface area contributed by atoms with Crippen molar-refractivity contribution in [3.63, 3.8) is 0 Å². The summed E-state index contributed by atoms with van der Waals surface area (Å²) in [6, 6.07) is 15.1. The fourth-order valence-corrected chi connectivity index (χ4v) is 3.53. The summed E-state index contributed by atoms with van der Waals surface area (Å²) in [6.45, 7) is 2.87. The molecule has 2 aromatic rings. The van der Waals surface area contributed by atoms with E-state index in [1.165, 1.54) is 12.1 Å². The quantitative estimate of drug-likeness (QED) is 0.482. The number of hydrogen-bond donors (Lipinski definition) is 0. The molecule has 2 aromatic carbocycles. The number of nitrogens with zero attached hydrogens (tertiary/aromatic N) is 1. The van der Waals surface area contributed by atoms with E-state index in [0.29, 0.717) is 17.9 Å². The Balaban J connectivity index is 1.36. The van der Waals surface area contributed by atoms with Crippen LogP contribution in [0.1, 0.15) is 46.4 Å². The van der Waals surface area contributed by atoms with Crippen LogP contribution >= 0.6 is 0 Å². The van der Waals surface area contributed by atoms with E-state index in [2.05, 4.69) is 4.90 Å². The number of likely N-dealkylation sites (tertiary alicyclic amines) is 1. The fourth-order valence-electron chi connectivity index (χ4n) is 3.53. The summed E-state index contributed by atoms with van der Waals surface area (Å²) in [5.41, 5.74) is 1.30. The van der Waals surface area contributed by atoms with Gasteiger partial charge in [-0.3, -0.25) is 9.59 Å². The molecule has 0 aromatic heterocycles. The SMILES string of the molecule is O=C(C=CC1CCN(CCCC(=O)c2ccc(F)cc2)CC1)c1ccccc1. The summed E-state index contributed by atoms with van der Waals surface area (Å²) in [4.78, 5) is 26.7. The molecule has 1 aliphatic rings. The number of ketones is 2. The Labute approximate surface area is 165 Å². The second-order valence-corrected chi connectivity index (χ2v) is 7.30. The third kappa shape index (κ3) is 5.96. The van der Waals surface area contributed by atoms with Gasteiger partial charge >= 0.3 is 0 Å². The monoisotopic (exact) mass is 379 g/mol. The molecule has 0 spiro atoms. The van der Waals surface area contributed by atoms with Crippen LogP contribution in [0.2, 0.25) is 0 Å². The van der Waals surface area contributed by atoms with Crippen LogP contribution in [0.15, 0.2) is 66.7 Å². The molecule has 0 bridgehead atoms. The summed E-state index contributed by atoms with van der Waals surface area (Å²) < 4.78 is 12.9. The highest BCUT2D eigenvalue weighted by molar-refractivity contribution is 6.04. The van der Waals surface area contributed by atoms with Crippen molar-refractivity contribution in [1.82, 2.24) is 4.90 Å². The van der Waals surface area contributed by atoms with Crippen LogP contribution in [0, 0.1) is 11.7 Å². The number of allylic oxidation sites excluding steroid dienone is 2. The summed E-state index contributed by atoms with van der Waals surface area (Å²) >= 11 is 0. The predicted molar refractivity (Wildman–Crippen MR) is 109 cm³/mol. The smallest absolute Gasteiger partial charge is 0.185 e. The molecular weight excluding hydrogens is 353 g/mol. The van der Waals surface area contributed by atoms with Crippen molar-refractivity contribution in [2.45, 2.75) is 25.7 Å². The third-order valence-corrected chi connectivity index (χ3v) is 5.25. The van der Waals surface area contributed by atoms with Crippen molar-refractivity contribution in [3.8, 4) is 0 Å². The number of Topliss-reactive ketones (excluding diaryl/α,β-unsaturated/α-hetero) is 1. The lowest BCUT2D eigenvalue weighted by atomic mass is 9.95. The Bertz CT molecular complexity index is 806. The molecule has 0 N–H and O–H groups in total. The van der Waals surface area contributed by atoms with Gasteiger partial charge in [0.2, 0.25) is 0 Å². The van der Waals surface area contributed by atoms with Crippen LogP contribution in [-0.2, 0) is 0 Å². The van der Waals surface area contributed by atoms with Gasteiger partial charge in [0.1, 0.15) is 5.82 Å². The largest absolute Gasteiger partial charge is 0.303 e. The van der Waals surface area contributed by atoms with Gasteiger partial charge in [0, 0.05) is 17.5 Å². The zero-order valence-corrected chi connectivity index (χ0v) is 16.0. The third-order valence-electron chi connectivity index (χ3n) is 5.25. The minimum Gasteiger partial charge on any atom is -0.303 e. The first-order valence-electron chi connectivity index (χ1n) is 9.90. The standard InChI is InChI=1S/C24H26FNO2/c25-22-11-9-21(10-12-22)23(27)7-4-16-26-17-14-19(15-18-26)8-13-24(28)20-5-2-1-3-6-20/h1-3,5-6,8-13,19H,4,7,14-18H2. The van der Waals surface area contributed by atoms with Gasteiger partial charge in [-0.2, -0.15) is 0 Å². The second kappa shape index (κ2) is 10.1. The molecule has 1 heterocycles. The molecule has 0 atom stereocenters. The Morgan fingerprint density at radius 3 is 2.32 bits per heavy atom. The maximum absolute atomic E-state index is 12.9. The van der Waals surface area contributed by atoms with Gasteiger partial charge in [-0.1, -0.05) is 36.4 Å². The van der Waals surface area contributed by atoms with Crippen LogP contribution < -0.4 is 0 Å². The summed E-state index contributed by atoms with van der Waals surface area (Å²) in [6.07, 6.45) is 7.11. The van der Waals surface area contributed by atoms with Crippen LogP contribution in [0.3, 0.4) is 0 Å². The van der Waals surface area contributed by atoms with Crippen LogP contribution in [0.5, 0.6) is 0 Å². The van der Waals surface area contributed by atoms with Crippen LogP contribution in [0.4, 0.5) is 4.39 Å². The van der Waals surface area contributed by atoms with Crippen LogP contribution in [-0.4, -0.2) is 36.1 Å². The second-order valence-electron chi connectivity index (χ2n) is 7.30. The Hall–Kier alpha value is -2.59. The summed E-state index contributed by atoms with van der Waals surface area (Å²) in [5, 5.41) is 0.